The zero-order valence-electron chi connectivity index (χ0n) is 7.76. The van der Waals surface area contributed by atoms with Crippen LogP contribution in [0.1, 0.15) is 0 Å². The first-order valence-electron chi connectivity index (χ1n) is 3.68. The Hall–Kier alpha value is -0.650. The lowest BCUT2D eigenvalue weighted by atomic mass is 10.7. The van der Waals surface area contributed by atoms with E-state index < -0.39 is 9.84 Å². The van der Waals surface area contributed by atoms with Crippen LogP contribution in [0.15, 0.2) is 23.0 Å². The molecule has 4 nitrogen and oxygen atoms in total. The molecular weight excluding hydrogens is 192 g/mol. The number of hydrogen-bond donors (Lipinski definition) is 0. The second kappa shape index (κ2) is 6.82. The normalized spacial score (nSPS) is 13.1. The second-order valence-corrected chi connectivity index (χ2v) is 3.97. The fourth-order valence-electron chi connectivity index (χ4n) is 0.585. The van der Waals surface area contributed by atoms with Gasteiger partial charge in [-0.2, -0.15) is 0 Å². The maximum absolute atomic E-state index is 11.1. The first-order chi connectivity index (χ1) is 6.12. The minimum atomic E-state index is -3.25. The summed E-state index contributed by atoms with van der Waals surface area (Å²) >= 11 is 0. The van der Waals surface area contributed by atoms with Crippen molar-refractivity contribution >= 4 is 9.84 Å². The van der Waals surface area contributed by atoms with Crippen LogP contribution in [0.25, 0.3) is 0 Å². The molecule has 0 amide bonds. The molecule has 0 atom stereocenters. The molecule has 0 saturated carbocycles. The van der Waals surface area contributed by atoms with Gasteiger partial charge in [0.1, 0.15) is 0 Å². The molecule has 0 N–H and O–H groups in total. The average Bonchev–Trinajstić information content (AvgIpc) is 2.05. The third-order valence-electron chi connectivity index (χ3n) is 1.10. The summed E-state index contributed by atoms with van der Waals surface area (Å²) in [6.45, 7) is 0.578. The first kappa shape index (κ1) is 12.3. The Morgan fingerprint density at radius 2 is 1.38 bits per heavy atom. The molecule has 0 aliphatic carbocycles. The number of methoxy groups -OCH3 is 2. The molecule has 0 aromatic rings. The zero-order chi connectivity index (χ0) is 10.2. The van der Waals surface area contributed by atoms with E-state index in [4.69, 9.17) is 0 Å². The third-order valence-corrected chi connectivity index (χ3v) is 2.24. The Morgan fingerprint density at radius 1 is 1.00 bits per heavy atom. The fourth-order valence-corrected chi connectivity index (χ4v) is 1.37. The molecule has 0 saturated heterocycles. The predicted octanol–water partition coefficient (Wildman–Crippen LogP) is 0.721. The van der Waals surface area contributed by atoms with E-state index in [1.165, 1.54) is 26.4 Å². The molecule has 76 valence electrons. The monoisotopic (exact) mass is 206 g/mol. The largest absolute Gasteiger partial charge is 0.381 e. The zero-order valence-corrected chi connectivity index (χ0v) is 8.58. The van der Waals surface area contributed by atoms with Gasteiger partial charge in [0.05, 0.1) is 13.2 Å². The summed E-state index contributed by atoms with van der Waals surface area (Å²) in [5.74, 6) is 0. The van der Waals surface area contributed by atoms with E-state index in [0.717, 1.165) is 10.8 Å². The summed E-state index contributed by atoms with van der Waals surface area (Å²) in [7, 11) is -0.252. The highest BCUT2D eigenvalue weighted by Crippen LogP contribution is 1.94. The summed E-state index contributed by atoms with van der Waals surface area (Å²) in [6, 6.07) is 0. The minimum absolute atomic E-state index is 0.289. The van der Waals surface area contributed by atoms with Crippen molar-refractivity contribution in [3.05, 3.63) is 23.0 Å². The predicted molar refractivity (Wildman–Crippen MR) is 51.0 cm³/mol. The van der Waals surface area contributed by atoms with Gasteiger partial charge < -0.3 is 9.47 Å². The Kier molecular flexibility index (Phi) is 6.48. The van der Waals surface area contributed by atoms with Gasteiger partial charge in [0.25, 0.3) is 0 Å². The third kappa shape index (κ3) is 7.70. The van der Waals surface area contributed by atoms with Gasteiger partial charge in [-0.15, -0.1) is 0 Å². The Bertz CT molecular complexity index is 242. The number of hydrogen-bond acceptors (Lipinski definition) is 4. The van der Waals surface area contributed by atoms with E-state index in [1.54, 1.807) is 0 Å². The quantitative estimate of drug-likeness (QED) is 0.642. The molecule has 0 heterocycles. The molecule has 0 unspecified atom stereocenters. The van der Waals surface area contributed by atoms with E-state index in [0.29, 0.717) is 0 Å². The topological polar surface area (TPSA) is 52.6 Å². The SMILES string of the molecule is COCC=CS(=O)(=O)C=CCOC. The van der Waals surface area contributed by atoms with Crippen LogP contribution in [0.5, 0.6) is 0 Å². The lowest BCUT2D eigenvalue weighted by Crippen LogP contribution is -1.91. The van der Waals surface area contributed by atoms with Crippen LogP contribution in [0.3, 0.4) is 0 Å². The standard InChI is InChI=1S/C8H14O4S/c1-11-5-3-7-13(9,10)8-4-6-12-2/h3-4,7-8H,5-6H2,1-2H3. The van der Waals surface area contributed by atoms with Gasteiger partial charge in [-0.1, -0.05) is 0 Å². The van der Waals surface area contributed by atoms with Gasteiger partial charge in [0.2, 0.25) is 0 Å². The minimum Gasteiger partial charge on any atom is -0.381 e. The smallest absolute Gasteiger partial charge is 0.192 e. The van der Waals surface area contributed by atoms with Crippen LogP contribution in [-0.2, 0) is 19.3 Å². The molecule has 0 aromatic heterocycles. The van der Waals surface area contributed by atoms with Crippen LogP contribution >= 0.6 is 0 Å². The van der Waals surface area contributed by atoms with Gasteiger partial charge in [0.15, 0.2) is 9.84 Å². The van der Waals surface area contributed by atoms with Crippen LogP contribution in [-0.4, -0.2) is 35.9 Å². The molecular formula is C8H14O4S. The average molecular weight is 206 g/mol. The van der Waals surface area contributed by atoms with Gasteiger partial charge >= 0.3 is 0 Å². The van der Waals surface area contributed by atoms with Crippen molar-refractivity contribution in [3.8, 4) is 0 Å². The van der Waals surface area contributed by atoms with Gasteiger partial charge in [-0.25, -0.2) is 8.42 Å². The number of sulfone groups is 1. The van der Waals surface area contributed by atoms with E-state index >= 15 is 0 Å². The van der Waals surface area contributed by atoms with Crippen molar-refractivity contribution in [1.82, 2.24) is 0 Å². The maximum atomic E-state index is 11.1. The van der Waals surface area contributed by atoms with Crippen molar-refractivity contribution in [2.75, 3.05) is 27.4 Å². The van der Waals surface area contributed by atoms with E-state index in [9.17, 15) is 8.42 Å². The summed E-state index contributed by atoms with van der Waals surface area (Å²) in [5, 5.41) is 2.20. The molecule has 13 heavy (non-hydrogen) atoms. The lowest BCUT2D eigenvalue weighted by Gasteiger charge is -1.90. The number of rotatable bonds is 6. The van der Waals surface area contributed by atoms with Crippen molar-refractivity contribution in [2.24, 2.45) is 0 Å². The number of ether oxygens (including phenoxy) is 2. The first-order valence-corrected chi connectivity index (χ1v) is 5.29. The Labute approximate surface area is 78.8 Å². The molecule has 0 spiro atoms. The highest BCUT2D eigenvalue weighted by atomic mass is 32.2. The maximum Gasteiger partial charge on any atom is 0.192 e. The van der Waals surface area contributed by atoms with E-state index in [-0.39, 0.29) is 13.2 Å². The molecule has 0 aliphatic rings. The molecule has 0 radical (unpaired) electrons. The lowest BCUT2D eigenvalue weighted by molar-refractivity contribution is 0.234. The van der Waals surface area contributed by atoms with Crippen molar-refractivity contribution in [3.63, 3.8) is 0 Å². The summed E-state index contributed by atoms with van der Waals surface area (Å²) in [5.41, 5.74) is 0. The fraction of sp³-hybridized carbons (Fsp3) is 0.500. The summed E-state index contributed by atoms with van der Waals surface area (Å²) in [4.78, 5) is 0. The molecule has 0 rings (SSSR count). The summed E-state index contributed by atoms with van der Waals surface area (Å²) < 4.78 is 31.5. The molecule has 0 fully saturated rings. The Morgan fingerprint density at radius 3 is 1.69 bits per heavy atom. The van der Waals surface area contributed by atoms with Crippen LogP contribution in [0.4, 0.5) is 0 Å². The van der Waals surface area contributed by atoms with Crippen LogP contribution in [0, 0.1) is 0 Å². The van der Waals surface area contributed by atoms with Gasteiger partial charge in [0, 0.05) is 25.0 Å². The van der Waals surface area contributed by atoms with Crippen molar-refractivity contribution < 1.29 is 17.9 Å². The van der Waals surface area contributed by atoms with E-state index in [2.05, 4.69) is 9.47 Å². The van der Waals surface area contributed by atoms with Crippen molar-refractivity contribution in [2.45, 2.75) is 0 Å². The van der Waals surface area contributed by atoms with E-state index in [1.807, 2.05) is 0 Å². The molecule has 0 aliphatic heterocycles. The molecule has 0 aromatic carbocycles. The van der Waals surface area contributed by atoms with Crippen molar-refractivity contribution in [1.29, 1.82) is 0 Å². The van der Waals surface area contributed by atoms with Crippen LogP contribution < -0.4 is 0 Å². The molecule has 0 bridgehead atoms. The second-order valence-electron chi connectivity index (χ2n) is 2.24. The van der Waals surface area contributed by atoms with Crippen LogP contribution in [0.2, 0.25) is 0 Å². The Balaban J connectivity index is 4.09. The summed E-state index contributed by atoms with van der Waals surface area (Å²) in [6.07, 6.45) is 2.87. The molecule has 5 heteroatoms. The highest BCUT2D eigenvalue weighted by Gasteiger charge is 1.96. The van der Waals surface area contributed by atoms with Gasteiger partial charge in [-0.05, 0) is 12.2 Å². The van der Waals surface area contributed by atoms with Gasteiger partial charge in [-0.3, -0.25) is 0 Å². The highest BCUT2D eigenvalue weighted by molar-refractivity contribution is 7.97.